The van der Waals surface area contributed by atoms with E-state index >= 15 is 0 Å². The van der Waals surface area contributed by atoms with Crippen LogP contribution in [0.1, 0.15) is 0 Å². The molecular formula is H4N2O3Se2. The van der Waals surface area contributed by atoms with Gasteiger partial charge in [0.15, 0.2) is 0 Å². The van der Waals surface area contributed by atoms with E-state index in [2.05, 4.69) is 4.75 Å². The third kappa shape index (κ3) is 6.52. The normalized spacial score (nSPS) is 18.6. The van der Waals surface area contributed by atoms with Gasteiger partial charge in [-0.3, -0.25) is 0 Å². The summed E-state index contributed by atoms with van der Waals surface area (Å²) in [7, 11) is 0. The van der Waals surface area contributed by atoms with E-state index in [0.29, 0.717) is 0 Å². The van der Waals surface area contributed by atoms with Crippen LogP contribution in [0.3, 0.4) is 0 Å². The van der Waals surface area contributed by atoms with Crippen LogP contribution in [0.15, 0.2) is 0 Å². The van der Waals surface area contributed by atoms with Crippen molar-refractivity contribution in [2.75, 3.05) is 0 Å². The molecule has 0 aromatic rings. The zero-order valence-corrected chi connectivity index (χ0v) is 6.58. The summed E-state index contributed by atoms with van der Waals surface area (Å²) in [5, 5.41) is 0. The minimum atomic E-state index is -3.00. The van der Waals surface area contributed by atoms with Crippen molar-refractivity contribution in [3.05, 3.63) is 0 Å². The quantitative estimate of drug-likeness (QED) is 0.457. The van der Waals surface area contributed by atoms with Crippen LogP contribution in [0.5, 0.6) is 0 Å². The van der Waals surface area contributed by atoms with Crippen molar-refractivity contribution in [2.24, 2.45) is 4.75 Å². The molecule has 0 radical (unpaired) electrons. The van der Waals surface area contributed by atoms with Crippen LogP contribution < -0.4 is 8.10 Å². The average Bonchev–Trinajstić information content (AvgIpc) is 1.27. The predicted octanol–water partition coefficient (Wildman–Crippen LogP) is -2.64. The monoisotopic (exact) mass is 240 g/mol. The van der Waals surface area contributed by atoms with Crippen LogP contribution in [-0.4, -0.2) is 32.8 Å². The Hall–Kier alpha value is 0.519. The number of hydrogen-bond acceptors (Lipinski definition) is 2. The van der Waals surface area contributed by atoms with Gasteiger partial charge in [-0.05, 0) is 0 Å². The second-order valence-corrected chi connectivity index (χ2v) is 5.09. The fourth-order valence-electron chi connectivity index (χ4n) is 0.0703. The number of nitrogens with one attached hydrogen (secondary N) is 1. The van der Waals surface area contributed by atoms with E-state index in [0.717, 1.165) is 0 Å². The molecule has 7 heteroatoms. The van der Waals surface area contributed by atoms with Crippen LogP contribution >= 0.6 is 0 Å². The summed E-state index contributed by atoms with van der Waals surface area (Å²) < 4.78 is 33.8. The van der Waals surface area contributed by atoms with Crippen molar-refractivity contribution in [3.63, 3.8) is 0 Å². The Morgan fingerprint density at radius 1 is 1.57 bits per heavy atom. The zero-order valence-electron chi connectivity index (χ0n) is 3.16. The molecule has 0 aromatic carbocycles. The maximum absolute atomic E-state index is 9.80. The molecule has 2 atom stereocenters. The summed E-state index contributed by atoms with van der Waals surface area (Å²) in [6.45, 7) is 0. The van der Waals surface area contributed by atoms with E-state index in [1.54, 1.807) is 3.35 Å². The summed E-state index contributed by atoms with van der Waals surface area (Å²) >= 11 is -5.62. The van der Waals surface area contributed by atoms with E-state index in [1.807, 2.05) is 0 Å². The van der Waals surface area contributed by atoms with Crippen molar-refractivity contribution in [1.29, 1.82) is 0 Å². The Morgan fingerprint density at radius 2 is 2.00 bits per heavy atom. The minimum absolute atomic E-state index is 1.78. The van der Waals surface area contributed by atoms with Gasteiger partial charge in [-0.1, -0.05) is 0 Å². The summed E-state index contributed by atoms with van der Waals surface area (Å²) in [4.78, 5) is 0. The molecular weight excluding hydrogens is 234 g/mol. The Balaban J connectivity index is 3.32. The molecule has 0 saturated carbocycles. The second kappa shape index (κ2) is 3.51. The molecule has 0 aromatic heterocycles. The van der Waals surface area contributed by atoms with Gasteiger partial charge in [0, 0.05) is 0 Å². The average molecular weight is 238 g/mol. The summed E-state index contributed by atoms with van der Waals surface area (Å²) in [5.74, 6) is 0. The summed E-state index contributed by atoms with van der Waals surface area (Å²) in [6.07, 6.45) is 0. The maximum atomic E-state index is 9.80. The molecule has 0 saturated heterocycles. The molecule has 0 aliphatic rings. The first-order valence-corrected chi connectivity index (χ1v) is 6.03. The van der Waals surface area contributed by atoms with E-state index in [4.69, 9.17) is 4.19 Å². The Kier molecular flexibility index (Phi) is 3.77. The van der Waals surface area contributed by atoms with Crippen molar-refractivity contribution in [3.8, 4) is 0 Å². The zero-order chi connectivity index (χ0) is 5.86. The SMILES string of the molecule is N[Se](=O)N[Se](=O)O. The first-order valence-electron chi connectivity index (χ1n) is 1.16. The van der Waals surface area contributed by atoms with Gasteiger partial charge in [-0.25, -0.2) is 0 Å². The van der Waals surface area contributed by atoms with Gasteiger partial charge in [-0.15, -0.1) is 0 Å². The Labute approximate surface area is 49.0 Å². The number of rotatable bonds is 2. The van der Waals surface area contributed by atoms with E-state index in [9.17, 15) is 7.67 Å². The molecule has 0 bridgehead atoms. The van der Waals surface area contributed by atoms with Gasteiger partial charge >= 0.3 is 48.6 Å². The van der Waals surface area contributed by atoms with E-state index in [1.165, 1.54) is 0 Å². The molecule has 0 aliphatic carbocycles. The molecule has 2 unspecified atom stereocenters. The van der Waals surface area contributed by atoms with E-state index in [-0.39, 0.29) is 0 Å². The predicted molar refractivity (Wildman–Crippen MR) is 22.4 cm³/mol. The van der Waals surface area contributed by atoms with Gasteiger partial charge in [0.05, 0.1) is 0 Å². The van der Waals surface area contributed by atoms with Crippen LogP contribution in [-0.2, 0) is 7.67 Å². The third-order valence-electron chi connectivity index (χ3n) is 0.153. The second-order valence-electron chi connectivity index (χ2n) is 0.630. The summed E-state index contributed by atoms with van der Waals surface area (Å²) in [5.41, 5.74) is 0. The number of hydrogen-bond donors (Lipinski definition) is 3. The van der Waals surface area contributed by atoms with Crippen molar-refractivity contribution in [1.82, 2.24) is 3.35 Å². The van der Waals surface area contributed by atoms with Crippen molar-refractivity contribution < 1.29 is 11.9 Å². The fourth-order valence-corrected chi connectivity index (χ4v) is 1.90. The molecule has 4 N–H and O–H groups in total. The molecule has 0 rings (SSSR count). The molecule has 7 heavy (non-hydrogen) atoms. The van der Waals surface area contributed by atoms with E-state index < -0.39 is 28.6 Å². The molecule has 0 aliphatic heterocycles. The molecule has 44 valence electrons. The molecule has 0 heterocycles. The molecule has 0 amide bonds. The standard InChI is InChI=1S/H4N2O3Se2/c1-6(3)2-7(4)5/h2H,1H2,(H,4,5). The van der Waals surface area contributed by atoms with Gasteiger partial charge in [0.25, 0.3) is 0 Å². The summed E-state index contributed by atoms with van der Waals surface area (Å²) in [6, 6.07) is 0. The molecule has 0 fully saturated rings. The Bertz CT molecular complexity index is 87.1. The van der Waals surface area contributed by atoms with Gasteiger partial charge in [0.1, 0.15) is 0 Å². The van der Waals surface area contributed by atoms with Crippen LogP contribution in [0.2, 0.25) is 0 Å². The van der Waals surface area contributed by atoms with Gasteiger partial charge in [-0.2, -0.15) is 0 Å². The van der Waals surface area contributed by atoms with Crippen molar-refractivity contribution in [2.45, 2.75) is 0 Å². The molecule has 5 nitrogen and oxygen atoms in total. The first kappa shape index (κ1) is 7.52. The number of nitrogens with two attached hydrogens (primary N) is 1. The topological polar surface area (TPSA) is 92.4 Å². The van der Waals surface area contributed by atoms with Crippen LogP contribution in [0.25, 0.3) is 0 Å². The van der Waals surface area contributed by atoms with Crippen molar-refractivity contribution >= 4 is 28.6 Å². The van der Waals surface area contributed by atoms with Gasteiger partial charge in [0.2, 0.25) is 0 Å². The first-order chi connectivity index (χ1) is 3.13. The van der Waals surface area contributed by atoms with Crippen LogP contribution in [0.4, 0.5) is 0 Å². The van der Waals surface area contributed by atoms with Gasteiger partial charge < -0.3 is 0 Å². The Morgan fingerprint density at radius 3 is 2.00 bits per heavy atom. The van der Waals surface area contributed by atoms with Crippen LogP contribution in [0, 0.1) is 0 Å². The third-order valence-corrected chi connectivity index (χ3v) is 4.14. The molecule has 0 spiro atoms. The fraction of sp³-hybridized carbons (Fsp3) is 0.